The van der Waals surface area contributed by atoms with Crippen molar-refractivity contribution in [1.29, 1.82) is 0 Å². The summed E-state index contributed by atoms with van der Waals surface area (Å²) in [5.74, 6) is 0.837. The van der Waals surface area contributed by atoms with E-state index < -0.39 is 0 Å². The van der Waals surface area contributed by atoms with Gasteiger partial charge in [-0.05, 0) is 64.2 Å². The van der Waals surface area contributed by atoms with E-state index in [2.05, 4.69) is 39.4 Å². The predicted molar refractivity (Wildman–Crippen MR) is 86.8 cm³/mol. The normalized spacial score (nSPS) is 16.9. The molecule has 2 nitrogen and oxygen atoms in total. The van der Waals surface area contributed by atoms with Gasteiger partial charge >= 0.3 is 0 Å². The third-order valence-electron chi connectivity index (χ3n) is 3.67. The number of hydrogen-bond donors (Lipinski definition) is 1. The maximum Gasteiger partial charge on any atom is 0.135 e. The summed E-state index contributed by atoms with van der Waals surface area (Å²) in [5.41, 5.74) is 3.76. The van der Waals surface area contributed by atoms with E-state index in [9.17, 15) is 0 Å². The van der Waals surface area contributed by atoms with Crippen molar-refractivity contribution in [3.05, 3.63) is 57.0 Å². The average Bonchev–Trinajstić information content (AvgIpc) is 2.83. The molecule has 0 saturated carbocycles. The molecule has 0 spiro atoms. The van der Waals surface area contributed by atoms with Crippen LogP contribution >= 0.6 is 27.5 Å². The highest BCUT2D eigenvalue weighted by Gasteiger charge is 2.22. The molecule has 0 heterocycles. The van der Waals surface area contributed by atoms with Crippen LogP contribution in [0.1, 0.15) is 23.6 Å². The lowest BCUT2D eigenvalue weighted by Crippen LogP contribution is -2.07. The molecule has 2 aromatic carbocycles. The summed E-state index contributed by atoms with van der Waals surface area (Å²) in [6.45, 7) is 0. The molecule has 1 N–H and O–H groups in total. The van der Waals surface area contributed by atoms with Gasteiger partial charge in [-0.25, -0.2) is 0 Å². The van der Waals surface area contributed by atoms with Gasteiger partial charge in [0.2, 0.25) is 0 Å². The molecule has 20 heavy (non-hydrogen) atoms. The van der Waals surface area contributed by atoms with E-state index in [0.29, 0.717) is 6.04 Å². The summed E-state index contributed by atoms with van der Waals surface area (Å²) < 4.78 is 6.29. The highest BCUT2D eigenvalue weighted by Crippen LogP contribution is 2.36. The van der Waals surface area contributed by atoms with Crippen LogP contribution < -0.4 is 10.1 Å². The number of nitrogens with one attached hydrogen (secondary N) is 1. The van der Waals surface area contributed by atoms with E-state index in [4.69, 9.17) is 16.3 Å². The summed E-state index contributed by atoms with van der Waals surface area (Å²) in [6.07, 6.45) is 2.16. The standard InChI is InChI=1S/C16H15BrClNO/c1-20-16-9-12(4-6-14(16)17)19-15-7-2-10-8-11(18)3-5-13(10)15/h3-6,8-9,15,19H,2,7H2,1H3. The molecular formula is C16H15BrClNO. The molecule has 1 atom stereocenters. The number of fused-ring (bicyclic) bond motifs is 1. The topological polar surface area (TPSA) is 21.3 Å². The first-order valence-electron chi connectivity index (χ1n) is 6.56. The predicted octanol–water partition coefficient (Wildman–Crippen LogP) is 5.21. The number of anilines is 1. The van der Waals surface area contributed by atoms with Crippen molar-refractivity contribution >= 4 is 33.2 Å². The first-order valence-corrected chi connectivity index (χ1v) is 7.73. The van der Waals surface area contributed by atoms with E-state index >= 15 is 0 Å². The Bertz CT molecular complexity index is 644. The fourth-order valence-electron chi connectivity index (χ4n) is 2.69. The first kappa shape index (κ1) is 13.8. The smallest absolute Gasteiger partial charge is 0.135 e. The number of halogens is 2. The Balaban J connectivity index is 1.84. The number of benzene rings is 2. The minimum atomic E-state index is 0.341. The van der Waals surface area contributed by atoms with Crippen LogP contribution in [-0.2, 0) is 6.42 Å². The van der Waals surface area contributed by atoms with Crippen molar-refractivity contribution in [3.63, 3.8) is 0 Å². The van der Waals surface area contributed by atoms with Gasteiger partial charge in [-0.3, -0.25) is 0 Å². The van der Waals surface area contributed by atoms with Crippen LogP contribution in [0.15, 0.2) is 40.9 Å². The van der Waals surface area contributed by atoms with Crippen molar-refractivity contribution in [3.8, 4) is 5.75 Å². The van der Waals surface area contributed by atoms with Gasteiger partial charge in [0.25, 0.3) is 0 Å². The van der Waals surface area contributed by atoms with Gasteiger partial charge < -0.3 is 10.1 Å². The maximum absolute atomic E-state index is 6.05. The molecule has 1 aliphatic carbocycles. The summed E-state index contributed by atoms with van der Waals surface area (Å²) >= 11 is 9.52. The first-order chi connectivity index (χ1) is 9.67. The molecule has 3 rings (SSSR count). The molecule has 2 aromatic rings. The summed E-state index contributed by atoms with van der Waals surface area (Å²) in [6, 6.07) is 12.6. The minimum absolute atomic E-state index is 0.341. The summed E-state index contributed by atoms with van der Waals surface area (Å²) in [7, 11) is 1.68. The SMILES string of the molecule is COc1cc(NC2CCc3cc(Cl)ccc32)ccc1Br. The van der Waals surface area contributed by atoms with Crippen molar-refractivity contribution < 1.29 is 4.74 Å². The Morgan fingerprint density at radius 2 is 2.10 bits per heavy atom. The van der Waals surface area contributed by atoms with E-state index in [-0.39, 0.29) is 0 Å². The number of methoxy groups -OCH3 is 1. The molecule has 0 aliphatic heterocycles. The lowest BCUT2D eigenvalue weighted by atomic mass is 10.1. The van der Waals surface area contributed by atoms with Crippen molar-refractivity contribution in [2.45, 2.75) is 18.9 Å². The van der Waals surface area contributed by atoms with Gasteiger partial charge in [0.1, 0.15) is 5.75 Å². The number of hydrogen-bond acceptors (Lipinski definition) is 2. The second-order valence-electron chi connectivity index (χ2n) is 4.93. The van der Waals surface area contributed by atoms with Crippen LogP contribution in [0.4, 0.5) is 5.69 Å². The van der Waals surface area contributed by atoms with Gasteiger partial charge in [0, 0.05) is 16.8 Å². The second kappa shape index (κ2) is 5.66. The third kappa shape index (κ3) is 2.65. The minimum Gasteiger partial charge on any atom is -0.495 e. The molecule has 0 saturated heterocycles. The molecule has 0 aromatic heterocycles. The van der Waals surface area contributed by atoms with Crippen molar-refractivity contribution in [2.75, 3.05) is 12.4 Å². The van der Waals surface area contributed by atoms with Crippen LogP contribution in [0.2, 0.25) is 5.02 Å². The van der Waals surface area contributed by atoms with E-state index in [1.54, 1.807) is 7.11 Å². The lowest BCUT2D eigenvalue weighted by molar-refractivity contribution is 0.412. The molecule has 1 aliphatic rings. The van der Waals surface area contributed by atoms with Crippen LogP contribution in [0, 0.1) is 0 Å². The summed E-state index contributed by atoms with van der Waals surface area (Å²) in [4.78, 5) is 0. The number of ether oxygens (including phenoxy) is 1. The van der Waals surface area contributed by atoms with Crippen LogP contribution in [-0.4, -0.2) is 7.11 Å². The zero-order valence-electron chi connectivity index (χ0n) is 11.1. The lowest BCUT2D eigenvalue weighted by Gasteiger charge is -2.16. The van der Waals surface area contributed by atoms with Gasteiger partial charge in [-0.15, -0.1) is 0 Å². The average molecular weight is 353 g/mol. The maximum atomic E-state index is 6.05. The van der Waals surface area contributed by atoms with Gasteiger partial charge in [0.05, 0.1) is 17.6 Å². The van der Waals surface area contributed by atoms with E-state index in [1.165, 1.54) is 11.1 Å². The highest BCUT2D eigenvalue weighted by molar-refractivity contribution is 9.10. The molecule has 0 fully saturated rings. The number of aryl methyl sites for hydroxylation is 1. The second-order valence-corrected chi connectivity index (χ2v) is 6.22. The van der Waals surface area contributed by atoms with E-state index in [0.717, 1.165) is 33.8 Å². The molecular weight excluding hydrogens is 338 g/mol. The van der Waals surface area contributed by atoms with Crippen molar-refractivity contribution in [2.24, 2.45) is 0 Å². The fourth-order valence-corrected chi connectivity index (χ4v) is 3.29. The van der Waals surface area contributed by atoms with Gasteiger partial charge in [-0.2, -0.15) is 0 Å². The zero-order valence-corrected chi connectivity index (χ0v) is 13.5. The Labute approximate surface area is 132 Å². The number of rotatable bonds is 3. The van der Waals surface area contributed by atoms with Crippen molar-refractivity contribution in [1.82, 2.24) is 0 Å². The highest BCUT2D eigenvalue weighted by atomic mass is 79.9. The Hall–Kier alpha value is -1.19. The third-order valence-corrected chi connectivity index (χ3v) is 4.57. The Morgan fingerprint density at radius 3 is 2.90 bits per heavy atom. The van der Waals surface area contributed by atoms with Gasteiger partial charge in [0.15, 0.2) is 0 Å². The summed E-state index contributed by atoms with van der Waals surface area (Å²) in [5, 5.41) is 4.39. The largest absolute Gasteiger partial charge is 0.495 e. The zero-order chi connectivity index (χ0) is 14.1. The fraction of sp³-hybridized carbons (Fsp3) is 0.250. The van der Waals surface area contributed by atoms with Crippen LogP contribution in [0.25, 0.3) is 0 Å². The molecule has 1 unspecified atom stereocenters. The molecule has 0 bridgehead atoms. The molecule has 4 heteroatoms. The van der Waals surface area contributed by atoms with Crippen LogP contribution in [0.3, 0.4) is 0 Å². The molecule has 104 valence electrons. The molecule has 0 radical (unpaired) electrons. The van der Waals surface area contributed by atoms with E-state index in [1.807, 2.05) is 18.2 Å². The quantitative estimate of drug-likeness (QED) is 0.818. The Morgan fingerprint density at radius 1 is 1.25 bits per heavy atom. The Kier molecular flexibility index (Phi) is 3.90. The monoisotopic (exact) mass is 351 g/mol. The van der Waals surface area contributed by atoms with Crippen LogP contribution in [0.5, 0.6) is 5.75 Å². The van der Waals surface area contributed by atoms with Gasteiger partial charge in [-0.1, -0.05) is 17.7 Å². The molecule has 0 amide bonds.